The highest BCUT2D eigenvalue weighted by Gasteiger charge is 2.18. The summed E-state index contributed by atoms with van der Waals surface area (Å²) in [5.41, 5.74) is 1.57. The van der Waals surface area contributed by atoms with Gasteiger partial charge in [0.15, 0.2) is 0 Å². The van der Waals surface area contributed by atoms with E-state index in [0.29, 0.717) is 11.3 Å². The number of rotatable bonds is 4. The van der Waals surface area contributed by atoms with Gasteiger partial charge in [0.2, 0.25) is 0 Å². The van der Waals surface area contributed by atoms with Gasteiger partial charge in [0, 0.05) is 6.04 Å². The Kier molecular flexibility index (Phi) is 5.89. The Hall–Kier alpha value is -2.29. The first kappa shape index (κ1) is 16.6. The third kappa shape index (κ3) is 4.60. The van der Waals surface area contributed by atoms with Gasteiger partial charge in [0.05, 0.1) is 11.8 Å². The maximum Gasteiger partial charge on any atom is 0.252 e. The fourth-order valence-corrected chi connectivity index (χ4v) is 3.28. The molecule has 1 aromatic carbocycles. The van der Waals surface area contributed by atoms with Crippen molar-refractivity contribution in [3.05, 3.63) is 60.1 Å². The largest absolute Gasteiger partial charge is 0.465 e. The molecule has 1 aliphatic rings. The molecule has 1 amide bonds. The predicted octanol–water partition coefficient (Wildman–Crippen LogP) is 5.05. The van der Waals surface area contributed by atoms with E-state index >= 15 is 0 Å². The molecule has 2 aromatic rings. The van der Waals surface area contributed by atoms with E-state index in [0.717, 1.165) is 18.4 Å². The number of hydrogen-bond donors (Lipinski definition) is 1. The van der Waals surface area contributed by atoms with Crippen LogP contribution >= 0.6 is 0 Å². The van der Waals surface area contributed by atoms with Crippen LogP contribution in [0.1, 0.15) is 56.3 Å². The highest BCUT2D eigenvalue weighted by molar-refractivity contribution is 6.24. The summed E-state index contributed by atoms with van der Waals surface area (Å²) in [5.74, 6) is 0.685. The van der Waals surface area contributed by atoms with E-state index in [1.54, 1.807) is 6.26 Å². The Morgan fingerprint density at radius 3 is 2.33 bits per heavy atom. The van der Waals surface area contributed by atoms with Gasteiger partial charge >= 0.3 is 0 Å². The van der Waals surface area contributed by atoms with Crippen LogP contribution in [0.15, 0.2) is 53.1 Å². The van der Waals surface area contributed by atoms with E-state index < -0.39 is 0 Å². The Labute approximate surface area is 143 Å². The van der Waals surface area contributed by atoms with Gasteiger partial charge in [-0.3, -0.25) is 4.79 Å². The molecule has 1 aromatic heterocycles. The number of nitrogens with one attached hydrogen (secondary N) is 1. The molecule has 3 nitrogen and oxygen atoms in total. The van der Waals surface area contributed by atoms with Gasteiger partial charge in [-0.05, 0) is 36.6 Å². The van der Waals surface area contributed by atoms with Crippen molar-refractivity contribution < 1.29 is 9.21 Å². The highest BCUT2D eigenvalue weighted by atomic mass is 16.3. The predicted molar refractivity (Wildman–Crippen MR) is 97.3 cm³/mol. The third-order valence-electron chi connectivity index (χ3n) is 4.60. The van der Waals surface area contributed by atoms with Crippen LogP contribution in [-0.2, 0) is 4.79 Å². The fraction of sp³-hybridized carbons (Fsp3) is 0.381. The lowest BCUT2D eigenvalue weighted by Gasteiger charge is -2.22. The second-order valence-electron chi connectivity index (χ2n) is 6.45. The molecule has 0 bridgehead atoms. The van der Waals surface area contributed by atoms with Crippen molar-refractivity contribution in [2.45, 2.75) is 51.0 Å². The zero-order valence-electron chi connectivity index (χ0n) is 14.0. The summed E-state index contributed by atoms with van der Waals surface area (Å²) < 4.78 is 5.41. The van der Waals surface area contributed by atoms with Crippen molar-refractivity contribution in [3.63, 3.8) is 0 Å². The Balaban J connectivity index is 1.78. The van der Waals surface area contributed by atoms with Gasteiger partial charge in [-0.15, -0.1) is 0 Å². The minimum absolute atomic E-state index is 0.0110. The molecule has 0 radical (unpaired) electrons. The first-order chi connectivity index (χ1) is 11.8. The lowest BCUT2D eigenvalue weighted by Crippen LogP contribution is -2.35. The van der Waals surface area contributed by atoms with Crippen LogP contribution in [0.5, 0.6) is 0 Å². The second-order valence-corrected chi connectivity index (χ2v) is 6.45. The molecule has 0 spiro atoms. The van der Waals surface area contributed by atoms with Crippen LogP contribution in [0.2, 0.25) is 0 Å². The van der Waals surface area contributed by atoms with Crippen LogP contribution in [0, 0.1) is 0 Å². The van der Waals surface area contributed by atoms with E-state index in [-0.39, 0.29) is 11.9 Å². The smallest absolute Gasteiger partial charge is 0.252 e. The average molecular weight is 323 g/mol. The zero-order valence-corrected chi connectivity index (χ0v) is 14.0. The van der Waals surface area contributed by atoms with E-state index in [2.05, 4.69) is 5.32 Å². The molecule has 126 valence electrons. The summed E-state index contributed by atoms with van der Waals surface area (Å²) in [6.07, 6.45) is 11.9. The first-order valence-corrected chi connectivity index (χ1v) is 8.94. The molecule has 1 fully saturated rings. The zero-order chi connectivity index (χ0) is 16.6. The van der Waals surface area contributed by atoms with Gasteiger partial charge in [-0.2, -0.15) is 0 Å². The van der Waals surface area contributed by atoms with E-state index in [1.165, 1.54) is 32.1 Å². The molecule has 0 aliphatic heterocycles. The van der Waals surface area contributed by atoms with Crippen LogP contribution < -0.4 is 5.32 Å². The molecular weight excluding hydrogens is 298 g/mol. The molecule has 1 aliphatic carbocycles. The lowest BCUT2D eigenvalue weighted by molar-refractivity contribution is -0.116. The maximum atomic E-state index is 12.9. The summed E-state index contributed by atoms with van der Waals surface area (Å²) >= 11 is 0. The standard InChI is InChI=1S/C21H25NO2/c23-21(22-18-12-7-2-1-3-8-13-18)20(16-19-14-9-15-24-19)17-10-5-4-6-11-17/h4-6,9-11,14-16,18H,1-3,7-8,12-13H2,(H,22,23)/b20-16+. The van der Waals surface area contributed by atoms with E-state index in [1.807, 2.05) is 48.5 Å². The molecule has 1 saturated carbocycles. The average Bonchev–Trinajstić information content (AvgIpc) is 3.09. The molecule has 3 heteroatoms. The molecule has 1 heterocycles. The Bertz CT molecular complexity index is 650. The summed E-state index contributed by atoms with van der Waals surface area (Å²) in [4.78, 5) is 12.9. The highest BCUT2D eigenvalue weighted by Crippen LogP contribution is 2.21. The number of benzene rings is 1. The molecule has 3 rings (SSSR count). The SMILES string of the molecule is O=C(NC1CCCCCCC1)/C(=C/c1ccco1)c1ccccc1. The van der Waals surface area contributed by atoms with Gasteiger partial charge in [-0.25, -0.2) is 0 Å². The number of amides is 1. The quantitative estimate of drug-likeness (QED) is 0.800. The van der Waals surface area contributed by atoms with Gasteiger partial charge in [-0.1, -0.05) is 62.4 Å². The Morgan fingerprint density at radius 2 is 1.67 bits per heavy atom. The molecule has 0 unspecified atom stereocenters. The van der Waals surface area contributed by atoms with Crippen LogP contribution in [-0.4, -0.2) is 11.9 Å². The van der Waals surface area contributed by atoms with E-state index in [9.17, 15) is 4.79 Å². The maximum absolute atomic E-state index is 12.9. The van der Waals surface area contributed by atoms with Crippen molar-refractivity contribution in [2.24, 2.45) is 0 Å². The lowest BCUT2D eigenvalue weighted by atomic mass is 9.96. The summed E-state index contributed by atoms with van der Waals surface area (Å²) in [6, 6.07) is 13.8. The molecule has 24 heavy (non-hydrogen) atoms. The summed E-state index contributed by atoms with van der Waals surface area (Å²) in [6.45, 7) is 0. The number of hydrogen-bond acceptors (Lipinski definition) is 2. The molecule has 1 N–H and O–H groups in total. The van der Waals surface area contributed by atoms with Gasteiger partial charge in [0.1, 0.15) is 5.76 Å². The fourth-order valence-electron chi connectivity index (χ4n) is 3.28. The normalized spacial score (nSPS) is 17.1. The van der Waals surface area contributed by atoms with Crippen LogP contribution in [0.4, 0.5) is 0 Å². The van der Waals surface area contributed by atoms with Crippen molar-refractivity contribution in [1.82, 2.24) is 5.32 Å². The van der Waals surface area contributed by atoms with Crippen LogP contribution in [0.25, 0.3) is 11.6 Å². The van der Waals surface area contributed by atoms with Gasteiger partial charge < -0.3 is 9.73 Å². The van der Waals surface area contributed by atoms with Gasteiger partial charge in [0.25, 0.3) is 5.91 Å². The van der Waals surface area contributed by atoms with Crippen molar-refractivity contribution in [1.29, 1.82) is 0 Å². The van der Waals surface area contributed by atoms with Crippen molar-refractivity contribution in [2.75, 3.05) is 0 Å². The summed E-state index contributed by atoms with van der Waals surface area (Å²) in [5, 5.41) is 3.25. The number of carbonyl (C=O) groups is 1. The topological polar surface area (TPSA) is 42.2 Å². The molecular formula is C21H25NO2. The van der Waals surface area contributed by atoms with Crippen molar-refractivity contribution in [3.8, 4) is 0 Å². The monoisotopic (exact) mass is 323 g/mol. The van der Waals surface area contributed by atoms with E-state index in [4.69, 9.17) is 4.42 Å². The number of carbonyl (C=O) groups excluding carboxylic acids is 1. The minimum Gasteiger partial charge on any atom is -0.465 e. The third-order valence-corrected chi connectivity index (χ3v) is 4.60. The van der Waals surface area contributed by atoms with Crippen molar-refractivity contribution >= 4 is 17.6 Å². The first-order valence-electron chi connectivity index (χ1n) is 8.94. The molecule has 0 saturated heterocycles. The number of furan rings is 1. The van der Waals surface area contributed by atoms with Crippen LogP contribution in [0.3, 0.4) is 0 Å². The summed E-state index contributed by atoms with van der Waals surface area (Å²) in [7, 11) is 0. The molecule has 0 atom stereocenters. The minimum atomic E-state index is -0.0110. The second kappa shape index (κ2) is 8.53. The Morgan fingerprint density at radius 1 is 0.958 bits per heavy atom.